The summed E-state index contributed by atoms with van der Waals surface area (Å²) in [5, 5.41) is 6.22. The number of benzene rings is 2. The van der Waals surface area contributed by atoms with Crippen LogP contribution in [0.4, 0.5) is 11.4 Å². The molecule has 0 unspecified atom stereocenters. The van der Waals surface area contributed by atoms with Gasteiger partial charge in [-0.2, -0.15) is 0 Å². The second kappa shape index (κ2) is 8.97. The van der Waals surface area contributed by atoms with Gasteiger partial charge in [-0.3, -0.25) is 4.79 Å². The number of amides is 1. The first kappa shape index (κ1) is 18.6. The Hall–Kier alpha value is -2.69. The molecule has 134 valence electrons. The molecule has 2 N–H and O–H groups in total. The van der Waals surface area contributed by atoms with E-state index in [0.29, 0.717) is 24.6 Å². The maximum atomic E-state index is 12.2. The standard InChI is InChI=1S/C20H26N2O3/c1-14(2)16-7-5-6-8-17(16)22-20(23)11-12-21-18-10-9-15(24-3)13-19(18)25-4/h5-10,13-14,21H,11-12H2,1-4H3,(H,22,23). The topological polar surface area (TPSA) is 59.6 Å². The van der Waals surface area contributed by atoms with Crippen LogP contribution in [0.2, 0.25) is 0 Å². The number of ether oxygens (including phenoxy) is 2. The summed E-state index contributed by atoms with van der Waals surface area (Å²) in [5.74, 6) is 1.75. The normalized spacial score (nSPS) is 10.4. The molecule has 2 rings (SSSR count). The number of hydrogen-bond acceptors (Lipinski definition) is 4. The first-order valence-corrected chi connectivity index (χ1v) is 8.39. The highest BCUT2D eigenvalue weighted by molar-refractivity contribution is 5.91. The second-order valence-corrected chi connectivity index (χ2v) is 6.03. The predicted molar refractivity (Wildman–Crippen MR) is 102 cm³/mol. The van der Waals surface area contributed by atoms with Crippen LogP contribution in [0.3, 0.4) is 0 Å². The molecule has 2 aromatic carbocycles. The average molecular weight is 342 g/mol. The number of para-hydroxylation sites is 1. The monoisotopic (exact) mass is 342 g/mol. The number of nitrogens with one attached hydrogen (secondary N) is 2. The van der Waals surface area contributed by atoms with Gasteiger partial charge in [-0.1, -0.05) is 32.0 Å². The van der Waals surface area contributed by atoms with E-state index in [4.69, 9.17) is 9.47 Å². The molecule has 0 aromatic heterocycles. The zero-order chi connectivity index (χ0) is 18.2. The molecule has 5 heteroatoms. The Morgan fingerprint density at radius 2 is 1.80 bits per heavy atom. The molecular formula is C20H26N2O3. The van der Waals surface area contributed by atoms with Crippen LogP contribution in [0.5, 0.6) is 11.5 Å². The van der Waals surface area contributed by atoms with Crippen molar-refractivity contribution in [3.63, 3.8) is 0 Å². The lowest BCUT2D eigenvalue weighted by Gasteiger charge is -2.15. The average Bonchev–Trinajstić information content (AvgIpc) is 2.62. The summed E-state index contributed by atoms with van der Waals surface area (Å²) < 4.78 is 10.5. The molecule has 0 saturated carbocycles. The summed E-state index contributed by atoms with van der Waals surface area (Å²) in [4.78, 5) is 12.2. The minimum absolute atomic E-state index is 0.0203. The maximum absolute atomic E-state index is 12.2. The highest BCUT2D eigenvalue weighted by atomic mass is 16.5. The molecule has 1 amide bonds. The number of carbonyl (C=O) groups is 1. The molecule has 0 spiro atoms. The van der Waals surface area contributed by atoms with Crippen LogP contribution in [0.15, 0.2) is 42.5 Å². The van der Waals surface area contributed by atoms with E-state index in [0.717, 1.165) is 22.7 Å². The van der Waals surface area contributed by atoms with E-state index < -0.39 is 0 Å². The van der Waals surface area contributed by atoms with E-state index in [1.165, 1.54) is 0 Å². The number of rotatable bonds is 8. The largest absolute Gasteiger partial charge is 0.497 e. The molecule has 0 atom stereocenters. The lowest BCUT2D eigenvalue weighted by molar-refractivity contribution is -0.115. The van der Waals surface area contributed by atoms with Gasteiger partial charge in [-0.05, 0) is 29.7 Å². The van der Waals surface area contributed by atoms with Crippen LogP contribution in [0.25, 0.3) is 0 Å². The zero-order valence-corrected chi connectivity index (χ0v) is 15.3. The van der Waals surface area contributed by atoms with Crippen molar-refractivity contribution < 1.29 is 14.3 Å². The molecule has 0 bridgehead atoms. The fourth-order valence-electron chi connectivity index (χ4n) is 2.58. The van der Waals surface area contributed by atoms with Gasteiger partial charge in [-0.15, -0.1) is 0 Å². The Bertz CT molecular complexity index is 714. The van der Waals surface area contributed by atoms with Crippen molar-refractivity contribution in [1.82, 2.24) is 0 Å². The van der Waals surface area contributed by atoms with Crippen LogP contribution in [-0.4, -0.2) is 26.7 Å². The number of methoxy groups -OCH3 is 2. The molecule has 0 fully saturated rings. The van der Waals surface area contributed by atoms with E-state index in [1.807, 2.05) is 36.4 Å². The van der Waals surface area contributed by atoms with E-state index >= 15 is 0 Å². The summed E-state index contributed by atoms with van der Waals surface area (Å²) >= 11 is 0. The fraction of sp³-hybridized carbons (Fsp3) is 0.350. The summed E-state index contributed by atoms with van der Waals surface area (Å²) in [6.07, 6.45) is 0.363. The third kappa shape index (κ3) is 5.14. The highest BCUT2D eigenvalue weighted by Crippen LogP contribution is 2.29. The minimum atomic E-state index is -0.0203. The predicted octanol–water partition coefficient (Wildman–Crippen LogP) is 4.27. The van der Waals surface area contributed by atoms with Crippen LogP contribution in [-0.2, 0) is 4.79 Å². The number of hydrogen-bond donors (Lipinski definition) is 2. The lowest BCUT2D eigenvalue weighted by Crippen LogP contribution is -2.17. The maximum Gasteiger partial charge on any atom is 0.226 e. The van der Waals surface area contributed by atoms with Gasteiger partial charge in [0.1, 0.15) is 11.5 Å². The van der Waals surface area contributed by atoms with Gasteiger partial charge in [0.05, 0.1) is 19.9 Å². The van der Waals surface area contributed by atoms with Crippen molar-refractivity contribution in [2.45, 2.75) is 26.2 Å². The van der Waals surface area contributed by atoms with Crippen LogP contribution < -0.4 is 20.1 Å². The van der Waals surface area contributed by atoms with Crippen LogP contribution in [0.1, 0.15) is 31.7 Å². The molecular weight excluding hydrogens is 316 g/mol. The highest BCUT2D eigenvalue weighted by Gasteiger charge is 2.10. The summed E-state index contributed by atoms with van der Waals surface area (Å²) in [5.41, 5.74) is 2.85. The van der Waals surface area contributed by atoms with Gasteiger partial charge in [0, 0.05) is 24.7 Å². The number of anilines is 2. The molecule has 0 aliphatic rings. The molecule has 5 nitrogen and oxygen atoms in total. The SMILES string of the molecule is COc1ccc(NCCC(=O)Nc2ccccc2C(C)C)c(OC)c1. The first-order valence-electron chi connectivity index (χ1n) is 8.39. The Morgan fingerprint density at radius 3 is 2.48 bits per heavy atom. The van der Waals surface area contributed by atoms with Crippen molar-refractivity contribution in [3.8, 4) is 11.5 Å². The Morgan fingerprint density at radius 1 is 1.04 bits per heavy atom. The van der Waals surface area contributed by atoms with E-state index in [9.17, 15) is 4.79 Å². The van der Waals surface area contributed by atoms with Crippen molar-refractivity contribution in [2.75, 3.05) is 31.4 Å². The molecule has 25 heavy (non-hydrogen) atoms. The van der Waals surface area contributed by atoms with E-state index in [2.05, 4.69) is 24.5 Å². The second-order valence-electron chi connectivity index (χ2n) is 6.03. The number of carbonyl (C=O) groups excluding carboxylic acids is 1. The van der Waals surface area contributed by atoms with E-state index in [-0.39, 0.29) is 5.91 Å². The molecule has 0 radical (unpaired) electrons. The van der Waals surface area contributed by atoms with Crippen molar-refractivity contribution in [3.05, 3.63) is 48.0 Å². The molecule has 0 heterocycles. The van der Waals surface area contributed by atoms with Gasteiger partial charge < -0.3 is 20.1 Å². The van der Waals surface area contributed by atoms with Gasteiger partial charge >= 0.3 is 0 Å². The minimum Gasteiger partial charge on any atom is -0.497 e. The lowest BCUT2D eigenvalue weighted by atomic mass is 10.0. The zero-order valence-electron chi connectivity index (χ0n) is 15.3. The Balaban J connectivity index is 1.91. The fourth-order valence-corrected chi connectivity index (χ4v) is 2.58. The third-order valence-electron chi connectivity index (χ3n) is 3.93. The molecule has 0 aliphatic heterocycles. The van der Waals surface area contributed by atoms with Crippen molar-refractivity contribution >= 4 is 17.3 Å². The van der Waals surface area contributed by atoms with Gasteiger partial charge in [0.2, 0.25) is 5.91 Å². The Labute approximate surface area is 149 Å². The van der Waals surface area contributed by atoms with Crippen molar-refractivity contribution in [1.29, 1.82) is 0 Å². The first-order chi connectivity index (χ1) is 12.0. The summed E-state index contributed by atoms with van der Waals surface area (Å²) in [7, 11) is 3.22. The van der Waals surface area contributed by atoms with Crippen molar-refractivity contribution in [2.24, 2.45) is 0 Å². The summed E-state index contributed by atoms with van der Waals surface area (Å²) in [6, 6.07) is 13.4. The summed E-state index contributed by atoms with van der Waals surface area (Å²) in [6.45, 7) is 4.74. The quantitative estimate of drug-likeness (QED) is 0.752. The van der Waals surface area contributed by atoms with Crippen LogP contribution in [0, 0.1) is 0 Å². The third-order valence-corrected chi connectivity index (χ3v) is 3.93. The van der Waals surface area contributed by atoms with Gasteiger partial charge in [0.25, 0.3) is 0 Å². The van der Waals surface area contributed by atoms with Crippen LogP contribution >= 0.6 is 0 Å². The molecule has 0 saturated heterocycles. The Kier molecular flexibility index (Phi) is 6.69. The molecule has 0 aliphatic carbocycles. The smallest absolute Gasteiger partial charge is 0.226 e. The van der Waals surface area contributed by atoms with Gasteiger partial charge in [-0.25, -0.2) is 0 Å². The van der Waals surface area contributed by atoms with Gasteiger partial charge in [0.15, 0.2) is 0 Å². The van der Waals surface area contributed by atoms with E-state index in [1.54, 1.807) is 20.3 Å². The molecule has 2 aromatic rings.